The predicted octanol–water partition coefficient (Wildman–Crippen LogP) is 4.36. The van der Waals surface area contributed by atoms with E-state index in [4.69, 9.17) is 28.2 Å². The number of benzene rings is 1. The molecule has 154 valence electrons. The molecular weight excluding hydrogens is 442 g/mol. The Morgan fingerprint density at radius 2 is 2.23 bits per heavy atom. The summed E-state index contributed by atoms with van der Waals surface area (Å²) in [5.41, 5.74) is 2.10. The van der Waals surface area contributed by atoms with Gasteiger partial charge in [-0.3, -0.25) is 14.5 Å². The molecule has 0 spiro atoms. The van der Waals surface area contributed by atoms with Crippen LogP contribution in [0.15, 0.2) is 52.1 Å². The Morgan fingerprint density at radius 1 is 1.37 bits per heavy atom. The van der Waals surface area contributed by atoms with Crippen LogP contribution in [0.2, 0.25) is 5.02 Å². The van der Waals surface area contributed by atoms with Crippen molar-refractivity contribution in [2.75, 3.05) is 13.1 Å². The summed E-state index contributed by atoms with van der Waals surface area (Å²) in [5, 5.41) is 4.63. The second kappa shape index (κ2) is 9.07. The molecule has 6 nitrogen and oxygen atoms in total. The lowest BCUT2D eigenvalue weighted by Gasteiger charge is -2.14. The van der Waals surface area contributed by atoms with Crippen LogP contribution in [-0.2, 0) is 16.0 Å². The van der Waals surface area contributed by atoms with Crippen LogP contribution in [0.25, 0.3) is 17.0 Å². The third-order valence-corrected chi connectivity index (χ3v) is 6.31. The van der Waals surface area contributed by atoms with Crippen LogP contribution in [0, 0.1) is 0 Å². The highest BCUT2D eigenvalue weighted by Gasteiger charge is 2.32. The van der Waals surface area contributed by atoms with Crippen LogP contribution in [0.5, 0.6) is 0 Å². The van der Waals surface area contributed by atoms with E-state index in [-0.39, 0.29) is 24.8 Å². The molecule has 1 aliphatic heterocycles. The van der Waals surface area contributed by atoms with Crippen molar-refractivity contribution in [1.29, 1.82) is 0 Å². The molecule has 1 aliphatic rings. The number of furan rings is 1. The smallest absolute Gasteiger partial charge is 0.266 e. The Hall–Kier alpha value is -2.55. The summed E-state index contributed by atoms with van der Waals surface area (Å²) in [7, 11) is 0. The Labute approximate surface area is 187 Å². The molecule has 0 radical (unpaired) electrons. The number of hydrogen-bond donors (Lipinski definition) is 2. The van der Waals surface area contributed by atoms with Gasteiger partial charge in [-0.1, -0.05) is 35.6 Å². The number of nitrogens with one attached hydrogen (secondary N) is 2. The summed E-state index contributed by atoms with van der Waals surface area (Å²) >= 11 is 12.6. The van der Waals surface area contributed by atoms with Gasteiger partial charge in [-0.25, -0.2) is 0 Å². The Bertz CT molecular complexity index is 1140. The van der Waals surface area contributed by atoms with E-state index in [1.807, 2.05) is 24.4 Å². The van der Waals surface area contributed by atoms with Gasteiger partial charge in [0, 0.05) is 47.7 Å². The molecule has 1 fully saturated rings. The van der Waals surface area contributed by atoms with Gasteiger partial charge in [-0.05, 0) is 42.3 Å². The summed E-state index contributed by atoms with van der Waals surface area (Å²) in [6, 6.07) is 9.20. The number of halogens is 1. The van der Waals surface area contributed by atoms with Crippen LogP contribution in [-0.4, -0.2) is 39.1 Å². The number of aromatic nitrogens is 1. The van der Waals surface area contributed by atoms with Gasteiger partial charge >= 0.3 is 0 Å². The van der Waals surface area contributed by atoms with Gasteiger partial charge in [-0.2, -0.15) is 0 Å². The minimum Gasteiger partial charge on any atom is -0.465 e. The van der Waals surface area contributed by atoms with Gasteiger partial charge < -0.3 is 14.7 Å². The van der Waals surface area contributed by atoms with Gasteiger partial charge in [0.25, 0.3) is 5.91 Å². The molecule has 1 aromatic carbocycles. The number of fused-ring (bicyclic) bond motifs is 1. The zero-order valence-electron chi connectivity index (χ0n) is 15.8. The van der Waals surface area contributed by atoms with Crippen LogP contribution >= 0.6 is 35.6 Å². The molecule has 0 aliphatic carbocycles. The predicted molar refractivity (Wildman–Crippen MR) is 123 cm³/mol. The molecule has 0 bridgehead atoms. The number of hydrogen-bond acceptors (Lipinski definition) is 5. The maximum Gasteiger partial charge on any atom is 0.266 e. The van der Waals surface area contributed by atoms with E-state index in [1.54, 1.807) is 24.5 Å². The molecule has 0 atom stereocenters. The summed E-state index contributed by atoms with van der Waals surface area (Å²) in [6.45, 7) is 0.740. The molecular formula is C21H18ClN3O3S2. The lowest BCUT2D eigenvalue weighted by molar-refractivity contribution is -0.123. The molecule has 9 heteroatoms. The SMILES string of the molecule is O=C(CCN1C(=O)C(=Cc2ccco2)SC1=S)NCCc1c[nH]c2ccc(Cl)cc12. The third kappa shape index (κ3) is 4.61. The first-order valence-electron chi connectivity index (χ1n) is 9.32. The number of aromatic amines is 1. The van der Waals surface area contributed by atoms with Crippen molar-refractivity contribution in [3.05, 3.63) is 64.0 Å². The Kier molecular flexibility index (Phi) is 6.26. The van der Waals surface area contributed by atoms with E-state index in [1.165, 1.54) is 16.7 Å². The number of H-pyrrole nitrogens is 1. The maximum atomic E-state index is 12.5. The van der Waals surface area contributed by atoms with E-state index in [2.05, 4.69) is 10.3 Å². The molecule has 2 amide bonds. The minimum atomic E-state index is -0.204. The maximum absolute atomic E-state index is 12.5. The largest absolute Gasteiger partial charge is 0.465 e. The van der Waals surface area contributed by atoms with E-state index in [0.29, 0.717) is 33.0 Å². The zero-order valence-corrected chi connectivity index (χ0v) is 18.2. The highest BCUT2D eigenvalue weighted by atomic mass is 35.5. The van der Waals surface area contributed by atoms with Crippen molar-refractivity contribution in [2.45, 2.75) is 12.8 Å². The lowest BCUT2D eigenvalue weighted by atomic mass is 10.1. The fourth-order valence-electron chi connectivity index (χ4n) is 3.19. The first kappa shape index (κ1) is 20.7. The molecule has 2 aromatic heterocycles. The number of thioether (sulfide) groups is 1. The molecule has 2 N–H and O–H groups in total. The van der Waals surface area contributed by atoms with Gasteiger partial charge in [0.05, 0.1) is 11.2 Å². The quantitative estimate of drug-likeness (QED) is 0.405. The number of rotatable bonds is 7. The van der Waals surface area contributed by atoms with Crippen molar-refractivity contribution < 1.29 is 14.0 Å². The standard InChI is InChI=1S/C21H18ClN3O3S2/c22-14-3-4-17-16(10-14)13(12-24-17)5-7-23-19(26)6-8-25-20(27)18(30-21(25)29)11-15-2-1-9-28-15/h1-4,9-12,24H,5-8H2,(H,23,26). The number of carbonyl (C=O) groups is 2. The van der Waals surface area contributed by atoms with Gasteiger partial charge in [-0.15, -0.1) is 0 Å². The number of amides is 2. The normalized spacial score (nSPS) is 15.5. The Balaban J connectivity index is 1.27. The number of carbonyl (C=O) groups excluding carboxylic acids is 2. The highest BCUT2D eigenvalue weighted by Crippen LogP contribution is 2.32. The summed E-state index contributed by atoms with van der Waals surface area (Å²) in [6.07, 6.45) is 5.99. The van der Waals surface area contributed by atoms with E-state index in [9.17, 15) is 9.59 Å². The van der Waals surface area contributed by atoms with Crippen LogP contribution in [0.1, 0.15) is 17.7 Å². The van der Waals surface area contributed by atoms with Gasteiger partial charge in [0.15, 0.2) is 0 Å². The van der Waals surface area contributed by atoms with Crippen molar-refractivity contribution >= 4 is 68.7 Å². The second-order valence-electron chi connectivity index (χ2n) is 6.70. The van der Waals surface area contributed by atoms with Crippen LogP contribution < -0.4 is 5.32 Å². The van der Waals surface area contributed by atoms with Gasteiger partial charge in [0.1, 0.15) is 10.1 Å². The molecule has 1 saturated heterocycles. The number of thiocarbonyl (C=S) groups is 1. The van der Waals surface area contributed by atoms with E-state index >= 15 is 0 Å². The van der Waals surface area contributed by atoms with Crippen molar-refractivity contribution in [3.63, 3.8) is 0 Å². The average molecular weight is 460 g/mol. The lowest BCUT2D eigenvalue weighted by Crippen LogP contribution is -2.34. The topological polar surface area (TPSA) is 78.3 Å². The summed E-state index contributed by atoms with van der Waals surface area (Å²) < 4.78 is 5.69. The zero-order chi connectivity index (χ0) is 21.1. The van der Waals surface area contributed by atoms with E-state index < -0.39 is 0 Å². The van der Waals surface area contributed by atoms with Crippen LogP contribution in [0.3, 0.4) is 0 Å². The summed E-state index contributed by atoms with van der Waals surface area (Å²) in [5.74, 6) is 0.258. The summed E-state index contributed by atoms with van der Waals surface area (Å²) in [4.78, 5) is 29.9. The monoisotopic (exact) mass is 459 g/mol. The average Bonchev–Trinajstić information content (AvgIpc) is 3.42. The molecule has 0 unspecified atom stereocenters. The fourth-order valence-corrected chi connectivity index (χ4v) is 4.65. The van der Waals surface area contributed by atoms with Crippen molar-refractivity contribution in [3.8, 4) is 0 Å². The van der Waals surface area contributed by atoms with Gasteiger partial charge in [0.2, 0.25) is 5.91 Å². The third-order valence-electron chi connectivity index (χ3n) is 4.70. The Morgan fingerprint density at radius 3 is 3.03 bits per heavy atom. The first-order chi connectivity index (χ1) is 14.5. The second-order valence-corrected chi connectivity index (χ2v) is 8.81. The first-order valence-corrected chi connectivity index (χ1v) is 10.9. The highest BCUT2D eigenvalue weighted by molar-refractivity contribution is 8.26. The van der Waals surface area contributed by atoms with E-state index in [0.717, 1.165) is 16.5 Å². The molecule has 3 aromatic rings. The molecule has 4 rings (SSSR count). The molecule has 3 heterocycles. The fraction of sp³-hybridized carbons (Fsp3) is 0.190. The van der Waals surface area contributed by atoms with Crippen molar-refractivity contribution in [1.82, 2.24) is 15.2 Å². The molecule has 30 heavy (non-hydrogen) atoms. The van der Waals surface area contributed by atoms with Crippen LogP contribution in [0.4, 0.5) is 0 Å². The molecule has 0 saturated carbocycles. The number of nitrogens with zero attached hydrogens (tertiary/aromatic N) is 1. The van der Waals surface area contributed by atoms with Crippen molar-refractivity contribution in [2.24, 2.45) is 0 Å². The minimum absolute atomic E-state index is 0.128.